The molecule has 0 spiro atoms. The van der Waals surface area contributed by atoms with Crippen LogP contribution in [0.4, 0.5) is 0 Å². The molecule has 0 bridgehead atoms. The Bertz CT molecular complexity index is 285. The van der Waals surface area contributed by atoms with Crippen molar-refractivity contribution >= 4 is 5.91 Å². The van der Waals surface area contributed by atoms with Gasteiger partial charge in [0.15, 0.2) is 0 Å². The first-order valence-corrected chi connectivity index (χ1v) is 7.96. The zero-order chi connectivity index (χ0) is 13.7. The molecule has 19 heavy (non-hydrogen) atoms. The van der Waals surface area contributed by atoms with E-state index in [-0.39, 0.29) is 6.04 Å². The molecule has 0 radical (unpaired) electrons. The largest absolute Gasteiger partial charge is 0.343 e. The summed E-state index contributed by atoms with van der Waals surface area (Å²) in [5.74, 6) is 1.17. The normalized spacial score (nSPS) is 21.1. The fourth-order valence-electron chi connectivity index (χ4n) is 3.00. The van der Waals surface area contributed by atoms with E-state index in [9.17, 15) is 4.79 Å². The summed E-state index contributed by atoms with van der Waals surface area (Å²) in [6.07, 6.45) is 6.80. The smallest absolute Gasteiger partial charge is 0.224 e. The van der Waals surface area contributed by atoms with Gasteiger partial charge in [0.2, 0.25) is 5.91 Å². The lowest BCUT2D eigenvalue weighted by Gasteiger charge is -2.31. The fraction of sp³-hybridized carbons (Fsp3) is 0.933. The molecule has 110 valence electrons. The van der Waals surface area contributed by atoms with E-state index in [4.69, 9.17) is 5.73 Å². The summed E-state index contributed by atoms with van der Waals surface area (Å²) < 4.78 is 0. The topological polar surface area (TPSA) is 49.6 Å². The van der Waals surface area contributed by atoms with Crippen LogP contribution >= 0.6 is 0 Å². The second-order valence-electron chi connectivity index (χ2n) is 6.12. The Morgan fingerprint density at radius 1 is 1.37 bits per heavy atom. The standard InChI is InChI=1S/C15H29N3O/c1-2-7-18(12-13-5-6-13)14(11-16)10-15(19)17-8-3-4-9-17/h13-14H,2-12,16H2,1H3. The average Bonchev–Trinajstić information content (AvgIpc) is 3.06. The van der Waals surface area contributed by atoms with E-state index in [0.717, 1.165) is 38.5 Å². The number of hydrogen-bond acceptors (Lipinski definition) is 3. The predicted molar refractivity (Wildman–Crippen MR) is 77.9 cm³/mol. The molecule has 4 heteroatoms. The van der Waals surface area contributed by atoms with Crippen LogP contribution in [0.15, 0.2) is 0 Å². The van der Waals surface area contributed by atoms with E-state index in [1.165, 1.54) is 25.7 Å². The van der Waals surface area contributed by atoms with E-state index in [1.54, 1.807) is 0 Å². The first kappa shape index (κ1) is 14.8. The lowest BCUT2D eigenvalue weighted by Crippen LogP contribution is -2.45. The van der Waals surface area contributed by atoms with Crippen LogP contribution in [0.25, 0.3) is 0 Å². The molecule has 0 aromatic rings. The molecule has 2 rings (SSSR count). The van der Waals surface area contributed by atoms with E-state index in [2.05, 4.69) is 11.8 Å². The van der Waals surface area contributed by atoms with Gasteiger partial charge in [-0.05, 0) is 44.6 Å². The van der Waals surface area contributed by atoms with E-state index in [1.807, 2.05) is 4.90 Å². The van der Waals surface area contributed by atoms with Crippen molar-refractivity contribution in [2.75, 3.05) is 32.7 Å². The molecule has 0 aromatic heterocycles. The van der Waals surface area contributed by atoms with Gasteiger partial charge in [0.1, 0.15) is 0 Å². The maximum Gasteiger partial charge on any atom is 0.224 e. The van der Waals surface area contributed by atoms with E-state index in [0.29, 0.717) is 18.9 Å². The summed E-state index contributed by atoms with van der Waals surface area (Å²) in [7, 11) is 0. The summed E-state index contributed by atoms with van der Waals surface area (Å²) >= 11 is 0. The predicted octanol–water partition coefficient (Wildman–Crippen LogP) is 1.45. The Balaban J connectivity index is 1.85. The molecule has 1 saturated carbocycles. The van der Waals surface area contributed by atoms with Crippen molar-refractivity contribution in [3.8, 4) is 0 Å². The second-order valence-corrected chi connectivity index (χ2v) is 6.12. The Labute approximate surface area is 117 Å². The summed E-state index contributed by atoms with van der Waals surface area (Å²) in [6.45, 7) is 6.93. The lowest BCUT2D eigenvalue weighted by molar-refractivity contribution is -0.131. The number of hydrogen-bond donors (Lipinski definition) is 1. The Hall–Kier alpha value is -0.610. The molecule has 2 fully saturated rings. The third kappa shape index (κ3) is 4.46. The number of nitrogens with zero attached hydrogens (tertiary/aromatic N) is 2. The van der Waals surface area contributed by atoms with Crippen molar-refractivity contribution in [1.29, 1.82) is 0 Å². The molecule has 0 aromatic carbocycles. The van der Waals surface area contributed by atoms with E-state index < -0.39 is 0 Å². The highest BCUT2D eigenvalue weighted by Gasteiger charge is 2.29. The number of carbonyl (C=O) groups excluding carboxylic acids is 1. The van der Waals surface area contributed by atoms with Gasteiger partial charge in [-0.2, -0.15) is 0 Å². The number of carbonyl (C=O) groups is 1. The Morgan fingerprint density at radius 3 is 2.58 bits per heavy atom. The van der Waals surface area contributed by atoms with Gasteiger partial charge in [-0.1, -0.05) is 6.92 Å². The quantitative estimate of drug-likeness (QED) is 0.724. The van der Waals surface area contributed by atoms with Crippen molar-refractivity contribution in [3.05, 3.63) is 0 Å². The molecule has 1 atom stereocenters. The number of amides is 1. The Morgan fingerprint density at radius 2 is 2.05 bits per heavy atom. The summed E-state index contributed by atoms with van der Waals surface area (Å²) in [5.41, 5.74) is 5.93. The molecule has 2 aliphatic rings. The maximum absolute atomic E-state index is 12.3. The summed E-state index contributed by atoms with van der Waals surface area (Å²) in [6, 6.07) is 0.244. The minimum Gasteiger partial charge on any atom is -0.343 e. The minimum absolute atomic E-state index is 0.244. The molecule has 1 amide bonds. The van der Waals surface area contributed by atoms with Crippen molar-refractivity contribution in [2.24, 2.45) is 11.7 Å². The minimum atomic E-state index is 0.244. The summed E-state index contributed by atoms with van der Waals surface area (Å²) in [5, 5.41) is 0. The van der Waals surface area contributed by atoms with Crippen LogP contribution in [0.5, 0.6) is 0 Å². The molecular formula is C15H29N3O. The van der Waals surface area contributed by atoms with Gasteiger partial charge in [-0.15, -0.1) is 0 Å². The highest BCUT2D eigenvalue weighted by Crippen LogP contribution is 2.30. The zero-order valence-electron chi connectivity index (χ0n) is 12.3. The highest BCUT2D eigenvalue weighted by molar-refractivity contribution is 5.77. The molecule has 1 heterocycles. The molecular weight excluding hydrogens is 238 g/mol. The fourth-order valence-corrected chi connectivity index (χ4v) is 3.00. The van der Waals surface area contributed by atoms with Gasteiger partial charge in [0.25, 0.3) is 0 Å². The van der Waals surface area contributed by atoms with E-state index >= 15 is 0 Å². The molecule has 4 nitrogen and oxygen atoms in total. The monoisotopic (exact) mass is 267 g/mol. The maximum atomic E-state index is 12.3. The first-order chi connectivity index (χ1) is 9.24. The van der Waals surface area contributed by atoms with Crippen LogP contribution < -0.4 is 5.73 Å². The van der Waals surface area contributed by atoms with Crippen LogP contribution in [-0.4, -0.2) is 54.5 Å². The SMILES string of the molecule is CCCN(CC1CC1)C(CN)CC(=O)N1CCCC1. The molecule has 1 aliphatic carbocycles. The number of likely N-dealkylation sites (tertiary alicyclic amines) is 1. The summed E-state index contributed by atoms with van der Waals surface area (Å²) in [4.78, 5) is 16.8. The van der Waals surface area contributed by atoms with Gasteiger partial charge in [-0.3, -0.25) is 9.69 Å². The van der Waals surface area contributed by atoms with Crippen LogP contribution in [0.2, 0.25) is 0 Å². The third-order valence-corrected chi connectivity index (χ3v) is 4.36. The molecule has 1 saturated heterocycles. The van der Waals surface area contributed by atoms with Crippen LogP contribution in [0.3, 0.4) is 0 Å². The van der Waals surface area contributed by atoms with Crippen molar-refractivity contribution in [1.82, 2.24) is 9.80 Å². The third-order valence-electron chi connectivity index (χ3n) is 4.36. The van der Waals surface area contributed by atoms with Crippen molar-refractivity contribution in [2.45, 2.75) is 51.5 Å². The van der Waals surface area contributed by atoms with Gasteiger partial charge in [-0.25, -0.2) is 0 Å². The second kappa shape index (κ2) is 7.25. The molecule has 1 aliphatic heterocycles. The number of rotatable bonds is 8. The average molecular weight is 267 g/mol. The van der Waals surface area contributed by atoms with Crippen LogP contribution in [-0.2, 0) is 4.79 Å². The van der Waals surface area contributed by atoms with Gasteiger partial charge >= 0.3 is 0 Å². The van der Waals surface area contributed by atoms with Crippen LogP contribution in [0, 0.1) is 5.92 Å². The zero-order valence-corrected chi connectivity index (χ0v) is 12.3. The molecule has 2 N–H and O–H groups in total. The lowest BCUT2D eigenvalue weighted by atomic mass is 10.1. The van der Waals surface area contributed by atoms with Crippen molar-refractivity contribution < 1.29 is 4.79 Å². The van der Waals surface area contributed by atoms with Gasteiger partial charge < -0.3 is 10.6 Å². The van der Waals surface area contributed by atoms with Gasteiger partial charge in [0, 0.05) is 38.6 Å². The highest BCUT2D eigenvalue weighted by atomic mass is 16.2. The number of nitrogens with two attached hydrogens (primary N) is 1. The Kier molecular flexibility index (Phi) is 5.64. The van der Waals surface area contributed by atoms with Gasteiger partial charge in [0.05, 0.1) is 0 Å². The van der Waals surface area contributed by atoms with Crippen LogP contribution in [0.1, 0.15) is 45.4 Å². The molecule has 1 unspecified atom stereocenters. The first-order valence-electron chi connectivity index (χ1n) is 7.96. The van der Waals surface area contributed by atoms with Crippen molar-refractivity contribution in [3.63, 3.8) is 0 Å².